The van der Waals surface area contributed by atoms with Crippen molar-refractivity contribution in [2.45, 2.75) is 31.9 Å². The van der Waals surface area contributed by atoms with Crippen LogP contribution in [0, 0.1) is 0 Å². The van der Waals surface area contributed by atoms with Gasteiger partial charge in [-0.05, 0) is 48.5 Å². The van der Waals surface area contributed by atoms with Crippen LogP contribution in [0.3, 0.4) is 0 Å². The molecule has 0 unspecified atom stereocenters. The minimum Gasteiger partial charge on any atom is -0.491 e. The van der Waals surface area contributed by atoms with Crippen LogP contribution in [0.15, 0.2) is 54.4 Å². The summed E-state index contributed by atoms with van der Waals surface area (Å²) in [6.45, 7) is 8.85. The average molecular weight is 459 g/mol. The predicted molar refractivity (Wildman–Crippen MR) is 128 cm³/mol. The number of carbonyl (C=O) groups is 1. The van der Waals surface area contributed by atoms with Gasteiger partial charge in [-0.3, -0.25) is 9.69 Å². The monoisotopic (exact) mass is 458 g/mol. The maximum absolute atomic E-state index is 13.4. The summed E-state index contributed by atoms with van der Waals surface area (Å²) in [5.74, 6) is 0.869. The molecule has 0 saturated heterocycles. The number of aliphatic hydroxyl groups is 1. The van der Waals surface area contributed by atoms with Crippen LogP contribution in [0.5, 0.6) is 5.75 Å². The number of carbonyl (C=O) groups excluding carboxylic acids is 1. The Morgan fingerprint density at radius 1 is 1.38 bits per heavy atom. The Morgan fingerprint density at radius 2 is 2.19 bits per heavy atom. The number of rotatable bonds is 13. The molecule has 1 aromatic carbocycles. The number of ether oxygens (including phenoxy) is 2. The van der Waals surface area contributed by atoms with Gasteiger partial charge in [0.25, 0.3) is 0 Å². The van der Waals surface area contributed by atoms with Crippen LogP contribution < -0.4 is 4.74 Å². The lowest BCUT2D eigenvalue weighted by molar-refractivity contribution is -0.136. The van der Waals surface area contributed by atoms with Gasteiger partial charge >= 0.3 is 0 Å². The Morgan fingerprint density at radius 3 is 2.94 bits per heavy atom. The Bertz CT molecular complexity index is 841. The number of benzene rings is 1. The first-order chi connectivity index (χ1) is 15.6. The van der Waals surface area contributed by atoms with Crippen molar-refractivity contribution in [1.82, 2.24) is 9.80 Å². The van der Waals surface area contributed by atoms with Crippen LogP contribution in [0.4, 0.5) is 0 Å². The lowest BCUT2D eigenvalue weighted by Crippen LogP contribution is -2.48. The first kappa shape index (κ1) is 24.5. The smallest absolute Gasteiger partial charge is 0.237 e. The highest BCUT2D eigenvalue weighted by atomic mass is 32.1. The zero-order chi connectivity index (χ0) is 22.8. The molecule has 32 heavy (non-hydrogen) atoms. The number of para-hydroxylation sites is 1. The first-order valence-electron chi connectivity index (χ1n) is 11.2. The van der Waals surface area contributed by atoms with Gasteiger partial charge in [-0.1, -0.05) is 31.2 Å². The summed E-state index contributed by atoms with van der Waals surface area (Å²) in [4.78, 5) is 18.7. The second-order valence-electron chi connectivity index (χ2n) is 7.99. The fraction of sp³-hybridized carbons (Fsp3) is 0.480. The molecular weight excluding hydrogens is 424 g/mol. The van der Waals surface area contributed by atoms with E-state index < -0.39 is 6.10 Å². The summed E-state index contributed by atoms with van der Waals surface area (Å²) < 4.78 is 11.4. The van der Waals surface area contributed by atoms with Crippen LogP contribution in [0.25, 0.3) is 0 Å². The van der Waals surface area contributed by atoms with Gasteiger partial charge in [-0.2, -0.15) is 0 Å². The van der Waals surface area contributed by atoms with E-state index in [9.17, 15) is 9.90 Å². The van der Waals surface area contributed by atoms with Crippen molar-refractivity contribution in [2.75, 3.05) is 46.0 Å². The van der Waals surface area contributed by atoms with E-state index in [1.54, 1.807) is 17.4 Å². The number of amides is 1. The molecule has 0 saturated carbocycles. The molecule has 0 radical (unpaired) electrons. The Balaban J connectivity index is 1.65. The van der Waals surface area contributed by atoms with Gasteiger partial charge in [0, 0.05) is 18.0 Å². The highest BCUT2D eigenvalue weighted by molar-refractivity contribution is 7.10. The van der Waals surface area contributed by atoms with Gasteiger partial charge in [0.2, 0.25) is 5.91 Å². The van der Waals surface area contributed by atoms with Crippen molar-refractivity contribution in [1.29, 1.82) is 0 Å². The molecular formula is C25H34N2O4S. The van der Waals surface area contributed by atoms with Crippen molar-refractivity contribution < 1.29 is 19.4 Å². The van der Waals surface area contributed by atoms with Crippen molar-refractivity contribution in [3.8, 4) is 5.75 Å². The van der Waals surface area contributed by atoms with Gasteiger partial charge in [-0.15, -0.1) is 17.9 Å². The van der Waals surface area contributed by atoms with Crippen LogP contribution in [-0.2, 0) is 16.0 Å². The zero-order valence-corrected chi connectivity index (χ0v) is 19.6. The largest absolute Gasteiger partial charge is 0.491 e. The molecule has 1 N–H and O–H groups in total. The molecule has 1 aromatic heterocycles. The van der Waals surface area contributed by atoms with Crippen LogP contribution in [0.2, 0.25) is 0 Å². The van der Waals surface area contributed by atoms with E-state index in [0.29, 0.717) is 26.3 Å². The molecule has 1 aliphatic rings. The molecule has 1 aliphatic heterocycles. The molecule has 0 aliphatic carbocycles. The normalized spacial score (nSPS) is 16.6. The number of hydrogen-bond donors (Lipinski definition) is 1. The first-order valence-corrected chi connectivity index (χ1v) is 12.1. The highest BCUT2D eigenvalue weighted by Crippen LogP contribution is 2.34. The lowest BCUT2D eigenvalue weighted by atomic mass is 10.0. The van der Waals surface area contributed by atoms with Crippen molar-refractivity contribution in [2.24, 2.45) is 0 Å². The third-order valence-electron chi connectivity index (χ3n) is 5.48. The van der Waals surface area contributed by atoms with Crippen LogP contribution >= 0.6 is 11.3 Å². The molecule has 0 fully saturated rings. The van der Waals surface area contributed by atoms with Crippen molar-refractivity contribution in [3.05, 3.63) is 64.9 Å². The van der Waals surface area contributed by atoms with Gasteiger partial charge in [0.05, 0.1) is 31.9 Å². The molecule has 2 atom stereocenters. The molecule has 1 amide bonds. The Labute approximate surface area is 195 Å². The highest BCUT2D eigenvalue weighted by Gasteiger charge is 2.33. The number of nitrogens with zero attached hydrogens (tertiary/aromatic N) is 2. The molecule has 174 valence electrons. The summed E-state index contributed by atoms with van der Waals surface area (Å²) in [5, 5.41) is 12.4. The maximum Gasteiger partial charge on any atom is 0.237 e. The summed E-state index contributed by atoms with van der Waals surface area (Å²) in [6.07, 6.45) is 2.79. The molecule has 2 aromatic rings. The Kier molecular flexibility index (Phi) is 9.74. The van der Waals surface area contributed by atoms with Gasteiger partial charge in [0.1, 0.15) is 12.4 Å². The van der Waals surface area contributed by atoms with Gasteiger partial charge in [-0.25, -0.2) is 0 Å². The molecule has 3 rings (SSSR count). The van der Waals surface area contributed by atoms with E-state index in [0.717, 1.165) is 25.1 Å². The lowest BCUT2D eigenvalue weighted by Gasteiger charge is -2.37. The van der Waals surface area contributed by atoms with E-state index >= 15 is 0 Å². The van der Waals surface area contributed by atoms with Gasteiger partial charge in [0.15, 0.2) is 0 Å². The topological polar surface area (TPSA) is 62.2 Å². The summed E-state index contributed by atoms with van der Waals surface area (Å²) in [7, 11) is 0. The number of fused-ring (bicyclic) bond motifs is 1. The van der Waals surface area contributed by atoms with E-state index in [2.05, 4.69) is 24.9 Å². The van der Waals surface area contributed by atoms with E-state index in [-0.39, 0.29) is 25.1 Å². The van der Waals surface area contributed by atoms with E-state index in [1.165, 1.54) is 10.4 Å². The fourth-order valence-electron chi connectivity index (χ4n) is 4.04. The number of aliphatic hydroxyl groups excluding tert-OH is 1. The quantitative estimate of drug-likeness (QED) is 0.368. The molecule has 2 heterocycles. The van der Waals surface area contributed by atoms with Gasteiger partial charge < -0.3 is 19.5 Å². The van der Waals surface area contributed by atoms with Crippen molar-refractivity contribution in [3.63, 3.8) is 0 Å². The minimum absolute atomic E-state index is 0.0659. The van der Waals surface area contributed by atoms with Crippen LogP contribution in [-0.4, -0.2) is 72.9 Å². The van der Waals surface area contributed by atoms with Crippen LogP contribution in [0.1, 0.15) is 29.8 Å². The standard InChI is InChI=1S/C25H34N2O4S/c1-3-12-26(16-20(28)18-30-14-4-2)17-25(29)27-13-10-24-22(11-15-32-24)23(27)19-31-21-8-6-5-7-9-21/h4-9,11,15,20,23,28H,2-3,10,12-14,16-19H2,1H3/t20-,23+/m1/s1. The third-order valence-corrected chi connectivity index (χ3v) is 6.48. The average Bonchev–Trinajstić information content (AvgIpc) is 3.27. The molecule has 7 heteroatoms. The summed E-state index contributed by atoms with van der Waals surface area (Å²) >= 11 is 1.75. The zero-order valence-electron chi connectivity index (χ0n) is 18.8. The summed E-state index contributed by atoms with van der Waals surface area (Å²) in [6, 6.07) is 11.7. The second kappa shape index (κ2) is 12.7. The molecule has 6 nitrogen and oxygen atoms in total. The molecule has 0 bridgehead atoms. The number of thiophene rings is 1. The fourth-order valence-corrected chi connectivity index (χ4v) is 4.97. The molecule has 0 spiro atoms. The minimum atomic E-state index is -0.642. The predicted octanol–water partition coefficient (Wildman–Crippen LogP) is 3.53. The number of hydrogen-bond acceptors (Lipinski definition) is 6. The third kappa shape index (κ3) is 6.90. The second-order valence-corrected chi connectivity index (χ2v) is 8.99. The van der Waals surface area contributed by atoms with E-state index in [1.807, 2.05) is 40.1 Å². The SMILES string of the molecule is C=CCOC[C@H](O)CN(CCC)CC(=O)N1CCc2sccc2[C@@H]1COc1ccccc1. The van der Waals surface area contributed by atoms with E-state index in [4.69, 9.17) is 9.47 Å². The van der Waals surface area contributed by atoms with Crippen molar-refractivity contribution >= 4 is 17.2 Å². The maximum atomic E-state index is 13.4. The Hall–Kier alpha value is -2.19. The summed E-state index contributed by atoms with van der Waals surface area (Å²) in [5.41, 5.74) is 1.19.